The Labute approximate surface area is 154 Å². The monoisotopic (exact) mass is 382 g/mol. The summed E-state index contributed by atoms with van der Waals surface area (Å²) in [5, 5.41) is 9.29. The quantitative estimate of drug-likeness (QED) is 0.830. The van der Waals surface area contributed by atoms with E-state index in [4.69, 9.17) is 0 Å². The van der Waals surface area contributed by atoms with E-state index in [1.807, 2.05) is 0 Å². The SMILES string of the molecule is C[C@@H]1[C@H](C(=O)O)CCCN1C(=O)c1ccc(S(=O)(=O)NC(C)(C)C)cc1. The van der Waals surface area contributed by atoms with E-state index in [-0.39, 0.29) is 10.8 Å². The van der Waals surface area contributed by atoms with Crippen LogP contribution in [0, 0.1) is 5.92 Å². The first-order valence-corrected chi connectivity index (χ1v) is 10.1. The van der Waals surface area contributed by atoms with Gasteiger partial charge in [-0.25, -0.2) is 13.1 Å². The van der Waals surface area contributed by atoms with Crippen LogP contribution in [0.2, 0.25) is 0 Å². The van der Waals surface area contributed by atoms with Gasteiger partial charge in [0.05, 0.1) is 10.8 Å². The van der Waals surface area contributed by atoms with E-state index < -0.39 is 33.5 Å². The summed E-state index contributed by atoms with van der Waals surface area (Å²) in [6.45, 7) is 7.48. The minimum atomic E-state index is -3.67. The number of nitrogens with one attached hydrogen (secondary N) is 1. The Balaban J connectivity index is 2.20. The van der Waals surface area contributed by atoms with Gasteiger partial charge < -0.3 is 10.0 Å². The summed E-state index contributed by atoms with van der Waals surface area (Å²) < 4.78 is 27.2. The fourth-order valence-electron chi connectivity index (χ4n) is 3.16. The Morgan fingerprint density at radius 2 is 1.77 bits per heavy atom. The predicted octanol–water partition coefficient (Wildman–Crippen LogP) is 2.09. The second kappa shape index (κ2) is 7.36. The highest BCUT2D eigenvalue weighted by molar-refractivity contribution is 7.89. The van der Waals surface area contributed by atoms with Crippen molar-refractivity contribution in [1.29, 1.82) is 0 Å². The van der Waals surface area contributed by atoms with Crippen molar-refractivity contribution in [3.63, 3.8) is 0 Å². The molecule has 1 saturated heterocycles. The summed E-state index contributed by atoms with van der Waals surface area (Å²) in [6, 6.07) is 5.32. The van der Waals surface area contributed by atoms with E-state index in [0.29, 0.717) is 24.9 Å². The van der Waals surface area contributed by atoms with Crippen molar-refractivity contribution >= 4 is 21.9 Å². The summed E-state index contributed by atoms with van der Waals surface area (Å²) in [5.41, 5.74) is -0.264. The minimum absolute atomic E-state index is 0.0825. The number of aliphatic carboxylic acids is 1. The smallest absolute Gasteiger partial charge is 0.308 e. The van der Waals surface area contributed by atoms with Crippen molar-refractivity contribution in [3.8, 4) is 0 Å². The topological polar surface area (TPSA) is 104 Å². The van der Waals surface area contributed by atoms with Crippen molar-refractivity contribution in [2.75, 3.05) is 6.54 Å². The molecule has 26 heavy (non-hydrogen) atoms. The van der Waals surface area contributed by atoms with Gasteiger partial charge in [0.2, 0.25) is 10.0 Å². The second-order valence-electron chi connectivity index (χ2n) is 7.71. The number of hydrogen-bond donors (Lipinski definition) is 2. The zero-order valence-corrected chi connectivity index (χ0v) is 16.3. The Kier molecular flexibility index (Phi) is 5.77. The summed E-state index contributed by atoms with van der Waals surface area (Å²) in [7, 11) is -3.67. The lowest BCUT2D eigenvalue weighted by Gasteiger charge is -2.37. The Morgan fingerprint density at radius 1 is 1.19 bits per heavy atom. The predicted molar refractivity (Wildman–Crippen MR) is 97.4 cm³/mol. The molecule has 1 aliphatic heterocycles. The maximum atomic E-state index is 12.7. The highest BCUT2D eigenvalue weighted by Gasteiger charge is 2.35. The molecule has 1 amide bonds. The van der Waals surface area contributed by atoms with Gasteiger partial charge in [0.15, 0.2) is 0 Å². The van der Waals surface area contributed by atoms with Crippen LogP contribution < -0.4 is 4.72 Å². The molecule has 144 valence electrons. The number of carbonyl (C=O) groups excluding carboxylic acids is 1. The number of likely N-dealkylation sites (tertiary alicyclic amines) is 1. The zero-order chi connectivity index (χ0) is 19.7. The third kappa shape index (κ3) is 4.62. The molecule has 0 radical (unpaired) electrons. The lowest BCUT2D eigenvalue weighted by molar-refractivity contribution is -0.144. The highest BCUT2D eigenvalue weighted by Crippen LogP contribution is 2.25. The summed E-state index contributed by atoms with van der Waals surface area (Å²) in [5.74, 6) is -1.76. The molecule has 2 N–H and O–H groups in total. The standard InChI is InChI=1S/C18H26N2O5S/c1-12-15(17(22)23)6-5-11-20(12)16(21)13-7-9-14(10-8-13)26(24,25)19-18(2,3)4/h7-10,12,15,19H,5-6,11H2,1-4H3,(H,22,23)/t12-,15-/m1/s1. The van der Waals surface area contributed by atoms with Gasteiger partial charge in [-0.3, -0.25) is 9.59 Å². The number of carboxylic acids is 1. The first-order chi connectivity index (χ1) is 11.9. The molecule has 1 aliphatic rings. The molecule has 0 spiro atoms. The van der Waals surface area contributed by atoms with Crippen LogP contribution in [-0.4, -0.2) is 48.4 Å². The lowest BCUT2D eigenvalue weighted by Crippen LogP contribution is -2.49. The van der Waals surface area contributed by atoms with Gasteiger partial charge in [-0.1, -0.05) is 0 Å². The van der Waals surface area contributed by atoms with Crippen molar-refractivity contribution in [1.82, 2.24) is 9.62 Å². The molecule has 0 aliphatic carbocycles. The molecular weight excluding hydrogens is 356 g/mol. The van der Waals surface area contributed by atoms with Gasteiger partial charge in [-0.05, 0) is 64.8 Å². The number of hydrogen-bond acceptors (Lipinski definition) is 4. The minimum Gasteiger partial charge on any atom is -0.481 e. The van der Waals surface area contributed by atoms with Gasteiger partial charge in [0, 0.05) is 23.7 Å². The van der Waals surface area contributed by atoms with Crippen LogP contribution in [-0.2, 0) is 14.8 Å². The maximum absolute atomic E-state index is 12.7. The Morgan fingerprint density at radius 3 is 2.27 bits per heavy atom. The molecule has 0 unspecified atom stereocenters. The van der Waals surface area contributed by atoms with Crippen molar-refractivity contribution in [2.24, 2.45) is 5.92 Å². The molecule has 0 saturated carbocycles. The summed E-state index contributed by atoms with van der Waals surface area (Å²) >= 11 is 0. The van der Waals surface area contributed by atoms with Crippen molar-refractivity contribution in [3.05, 3.63) is 29.8 Å². The molecule has 7 nitrogen and oxygen atoms in total. The van der Waals surface area contributed by atoms with Crippen molar-refractivity contribution in [2.45, 2.75) is 57.0 Å². The number of sulfonamides is 1. The van der Waals surface area contributed by atoms with Crippen LogP contribution in [0.1, 0.15) is 50.9 Å². The first-order valence-electron chi connectivity index (χ1n) is 8.60. The molecule has 2 atom stereocenters. The normalized spacial score (nSPS) is 21.5. The molecule has 0 bridgehead atoms. The van der Waals surface area contributed by atoms with Crippen LogP contribution in [0.4, 0.5) is 0 Å². The molecule has 1 aromatic carbocycles. The van der Waals surface area contributed by atoms with Crippen LogP contribution >= 0.6 is 0 Å². The van der Waals surface area contributed by atoms with Crippen LogP contribution in [0.3, 0.4) is 0 Å². The number of rotatable bonds is 4. The van der Waals surface area contributed by atoms with E-state index >= 15 is 0 Å². The van der Waals surface area contributed by atoms with E-state index in [1.165, 1.54) is 24.3 Å². The van der Waals surface area contributed by atoms with Gasteiger partial charge in [0.25, 0.3) is 5.91 Å². The van der Waals surface area contributed by atoms with Crippen LogP contribution in [0.5, 0.6) is 0 Å². The average Bonchev–Trinajstić information content (AvgIpc) is 2.52. The third-order valence-electron chi connectivity index (χ3n) is 4.42. The van der Waals surface area contributed by atoms with Crippen molar-refractivity contribution < 1.29 is 23.1 Å². The van der Waals surface area contributed by atoms with Gasteiger partial charge in [0.1, 0.15) is 0 Å². The second-order valence-corrected chi connectivity index (χ2v) is 9.39. The Hall–Kier alpha value is -1.93. The molecule has 1 aromatic rings. The van der Waals surface area contributed by atoms with Crippen LogP contribution in [0.25, 0.3) is 0 Å². The Bertz CT molecular complexity index is 781. The zero-order valence-electron chi connectivity index (χ0n) is 15.5. The van der Waals surface area contributed by atoms with Crippen LogP contribution in [0.15, 0.2) is 29.2 Å². The number of nitrogens with zero attached hydrogens (tertiary/aromatic N) is 1. The largest absolute Gasteiger partial charge is 0.481 e. The fraction of sp³-hybridized carbons (Fsp3) is 0.556. The van der Waals surface area contributed by atoms with Gasteiger partial charge in [-0.15, -0.1) is 0 Å². The fourth-order valence-corrected chi connectivity index (χ4v) is 4.58. The number of benzene rings is 1. The number of carbonyl (C=O) groups is 2. The molecular formula is C18H26N2O5S. The molecule has 8 heteroatoms. The highest BCUT2D eigenvalue weighted by atomic mass is 32.2. The lowest BCUT2D eigenvalue weighted by atomic mass is 9.90. The molecule has 2 rings (SSSR count). The third-order valence-corrected chi connectivity index (χ3v) is 6.19. The average molecular weight is 382 g/mol. The number of carboxylic acid groups (broad SMARTS) is 1. The first kappa shape index (κ1) is 20.4. The van der Waals surface area contributed by atoms with E-state index in [0.717, 1.165) is 0 Å². The van der Waals surface area contributed by atoms with Gasteiger partial charge in [-0.2, -0.15) is 0 Å². The van der Waals surface area contributed by atoms with Gasteiger partial charge >= 0.3 is 5.97 Å². The van der Waals surface area contributed by atoms with E-state index in [1.54, 1.807) is 32.6 Å². The van der Waals surface area contributed by atoms with E-state index in [9.17, 15) is 23.1 Å². The number of amides is 1. The number of piperidine rings is 1. The maximum Gasteiger partial charge on any atom is 0.308 e. The molecule has 1 fully saturated rings. The summed E-state index contributed by atoms with van der Waals surface area (Å²) in [4.78, 5) is 25.7. The summed E-state index contributed by atoms with van der Waals surface area (Å²) in [6.07, 6.45) is 1.19. The molecule has 0 aromatic heterocycles. The molecule has 1 heterocycles. The van der Waals surface area contributed by atoms with E-state index in [2.05, 4.69) is 4.72 Å².